The van der Waals surface area contributed by atoms with Gasteiger partial charge in [0.1, 0.15) is 18.0 Å². The molecule has 0 saturated carbocycles. The van der Waals surface area contributed by atoms with Gasteiger partial charge < -0.3 is 14.8 Å². The Morgan fingerprint density at radius 3 is 2.41 bits per heavy atom. The minimum atomic E-state index is -0.799. The van der Waals surface area contributed by atoms with Gasteiger partial charge in [-0.1, -0.05) is 27.2 Å². The van der Waals surface area contributed by atoms with E-state index in [4.69, 9.17) is 9.47 Å². The molecule has 1 aliphatic heterocycles. The van der Waals surface area contributed by atoms with Gasteiger partial charge in [0.05, 0.1) is 0 Å². The van der Waals surface area contributed by atoms with E-state index in [2.05, 4.69) is 24.1 Å². The summed E-state index contributed by atoms with van der Waals surface area (Å²) in [4.78, 5) is 15.0. The highest BCUT2D eigenvalue weighted by molar-refractivity contribution is 5.97. The predicted molar refractivity (Wildman–Crippen MR) is 110 cm³/mol. The van der Waals surface area contributed by atoms with E-state index in [-0.39, 0.29) is 5.91 Å². The van der Waals surface area contributed by atoms with Crippen LogP contribution >= 0.6 is 0 Å². The van der Waals surface area contributed by atoms with Crippen molar-refractivity contribution in [1.82, 2.24) is 4.90 Å². The molecule has 5 heteroatoms. The van der Waals surface area contributed by atoms with E-state index in [1.807, 2.05) is 38.1 Å². The van der Waals surface area contributed by atoms with Crippen molar-refractivity contribution in [2.75, 3.05) is 38.7 Å². The summed E-state index contributed by atoms with van der Waals surface area (Å²) in [6.07, 6.45) is 2.90. The Morgan fingerprint density at radius 1 is 1.22 bits per heavy atom. The maximum absolute atomic E-state index is 12.5. The maximum atomic E-state index is 12.5. The average Bonchev–Trinajstić information content (AvgIpc) is 2.62. The van der Waals surface area contributed by atoms with Gasteiger partial charge in [-0.15, -0.1) is 0 Å². The van der Waals surface area contributed by atoms with Crippen LogP contribution in [0.25, 0.3) is 0 Å². The number of likely N-dealkylation sites (tertiary alicyclic amines) is 1. The van der Waals surface area contributed by atoms with E-state index in [1.54, 1.807) is 7.11 Å². The monoisotopic (exact) mass is 376 g/mol. The molecule has 0 radical (unpaired) electrons. The molecule has 0 bridgehead atoms. The molecule has 0 aliphatic carbocycles. The molecular weight excluding hydrogens is 340 g/mol. The number of amides is 1. The van der Waals surface area contributed by atoms with Crippen LogP contribution in [0.1, 0.15) is 47.0 Å². The quantitative estimate of drug-likeness (QED) is 0.702. The van der Waals surface area contributed by atoms with E-state index in [9.17, 15) is 4.79 Å². The Balaban J connectivity index is 1.80. The van der Waals surface area contributed by atoms with Crippen LogP contribution in [0, 0.1) is 11.8 Å². The van der Waals surface area contributed by atoms with Gasteiger partial charge in [-0.25, -0.2) is 0 Å². The highest BCUT2D eigenvalue weighted by Gasteiger charge is 2.32. The normalized spacial score (nSPS) is 22.9. The summed E-state index contributed by atoms with van der Waals surface area (Å²) in [5.41, 5.74) is -0.0440. The Bertz CT molecular complexity index is 580. The van der Waals surface area contributed by atoms with Crippen LogP contribution in [-0.4, -0.2) is 49.8 Å². The molecule has 5 nitrogen and oxygen atoms in total. The first-order chi connectivity index (χ1) is 12.9. The molecular formula is C22H36N2O3. The van der Waals surface area contributed by atoms with Gasteiger partial charge >= 0.3 is 0 Å². The van der Waals surface area contributed by atoms with Crippen molar-refractivity contribution < 1.29 is 14.3 Å². The smallest absolute Gasteiger partial charge is 0.256 e. The summed E-state index contributed by atoms with van der Waals surface area (Å²) in [7, 11) is 1.58. The van der Waals surface area contributed by atoms with Crippen LogP contribution in [0.5, 0.6) is 5.75 Å². The van der Waals surface area contributed by atoms with Crippen molar-refractivity contribution in [3.63, 3.8) is 0 Å². The number of rotatable bonds is 9. The Labute approximate surface area is 164 Å². The second-order valence-electron chi connectivity index (χ2n) is 8.22. The average molecular weight is 377 g/mol. The first-order valence-electron chi connectivity index (χ1n) is 10.2. The Morgan fingerprint density at radius 2 is 1.85 bits per heavy atom. The van der Waals surface area contributed by atoms with Gasteiger partial charge in [0, 0.05) is 32.4 Å². The van der Waals surface area contributed by atoms with Gasteiger partial charge in [-0.05, 0) is 55.9 Å². The number of benzene rings is 1. The summed E-state index contributed by atoms with van der Waals surface area (Å²) in [6.45, 7) is 12.5. The van der Waals surface area contributed by atoms with Gasteiger partial charge in [0.25, 0.3) is 5.91 Å². The largest absolute Gasteiger partial charge is 0.492 e. The number of nitrogens with one attached hydrogen (secondary N) is 1. The number of methoxy groups -OCH3 is 1. The van der Waals surface area contributed by atoms with E-state index < -0.39 is 5.60 Å². The number of anilines is 1. The number of hydrogen-bond donors (Lipinski definition) is 1. The zero-order chi connectivity index (χ0) is 19.9. The predicted octanol–water partition coefficient (Wildman–Crippen LogP) is 4.19. The summed E-state index contributed by atoms with van der Waals surface area (Å²) in [5, 5.41) is 2.94. The molecule has 1 amide bonds. The molecule has 0 aromatic heterocycles. The van der Waals surface area contributed by atoms with Crippen molar-refractivity contribution in [2.24, 2.45) is 11.8 Å². The highest BCUT2D eigenvalue weighted by Crippen LogP contribution is 2.22. The molecule has 3 unspecified atom stereocenters. The van der Waals surface area contributed by atoms with Crippen LogP contribution in [0.15, 0.2) is 24.3 Å². The fraction of sp³-hybridized carbons (Fsp3) is 0.682. The SMILES string of the molecule is CCCC(C)(OC)C(=O)Nc1ccc(OCCN2CC(C)CC(C)C2)cc1. The molecule has 3 atom stereocenters. The highest BCUT2D eigenvalue weighted by atomic mass is 16.5. The molecule has 1 saturated heterocycles. The van der Waals surface area contributed by atoms with E-state index in [1.165, 1.54) is 6.42 Å². The van der Waals surface area contributed by atoms with Crippen molar-refractivity contribution in [3.05, 3.63) is 24.3 Å². The third-order valence-corrected chi connectivity index (χ3v) is 5.39. The number of hydrogen-bond acceptors (Lipinski definition) is 4. The number of carbonyl (C=O) groups is 1. The zero-order valence-corrected chi connectivity index (χ0v) is 17.6. The van der Waals surface area contributed by atoms with Gasteiger partial charge in [0.15, 0.2) is 0 Å². The van der Waals surface area contributed by atoms with E-state index >= 15 is 0 Å². The van der Waals surface area contributed by atoms with Gasteiger partial charge in [-0.2, -0.15) is 0 Å². The second-order valence-corrected chi connectivity index (χ2v) is 8.22. The molecule has 1 aromatic rings. The summed E-state index contributed by atoms with van der Waals surface area (Å²) in [5.74, 6) is 2.24. The van der Waals surface area contributed by atoms with Crippen molar-refractivity contribution in [2.45, 2.75) is 52.6 Å². The van der Waals surface area contributed by atoms with Crippen LogP contribution in [-0.2, 0) is 9.53 Å². The van der Waals surface area contributed by atoms with Crippen molar-refractivity contribution >= 4 is 11.6 Å². The molecule has 0 spiro atoms. The molecule has 152 valence electrons. The number of nitrogens with zero attached hydrogens (tertiary/aromatic N) is 1. The molecule has 2 rings (SSSR count). The Kier molecular flexibility index (Phi) is 8.11. The zero-order valence-electron chi connectivity index (χ0n) is 17.6. The number of ether oxygens (including phenoxy) is 2. The second kappa shape index (κ2) is 10.1. The number of piperidine rings is 1. The van der Waals surface area contributed by atoms with E-state index in [0.29, 0.717) is 13.0 Å². The molecule has 1 heterocycles. The maximum Gasteiger partial charge on any atom is 0.256 e. The lowest BCUT2D eigenvalue weighted by Gasteiger charge is -2.34. The summed E-state index contributed by atoms with van der Waals surface area (Å²) in [6, 6.07) is 7.56. The van der Waals surface area contributed by atoms with Crippen molar-refractivity contribution in [3.8, 4) is 5.75 Å². The minimum Gasteiger partial charge on any atom is -0.492 e. The topological polar surface area (TPSA) is 50.8 Å². The number of carbonyl (C=O) groups excluding carboxylic acids is 1. The van der Waals surface area contributed by atoms with Crippen molar-refractivity contribution in [1.29, 1.82) is 0 Å². The molecule has 1 aromatic carbocycles. The van der Waals surface area contributed by atoms with Gasteiger partial charge in [-0.3, -0.25) is 9.69 Å². The fourth-order valence-corrected chi connectivity index (χ4v) is 3.95. The third-order valence-electron chi connectivity index (χ3n) is 5.39. The molecule has 1 fully saturated rings. The fourth-order valence-electron chi connectivity index (χ4n) is 3.95. The van der Waals surface area contributed by atoms with Crippen LogP contribution < -0.4 is 10.1 Å². The Hall–Kier alpha value is -1.59. The molecule has 1 N–H and O–H groups in total. The van der Waals surface area contributed by atoms with Crippen LogP contribution in [0.4, 0.5) is 5.69 Å². The minimum absolute atomic E-state index is 0.117. The lowest BCUT2D eigenvalue weighted by Crippen LogP contribution is -2.41. The third kappa shape index (κ3) is 6.51. The standard InChI is InChI=1S/C22H36N2O3/c1-6-11-22(4,26-5)21(25)23-19-7-9-20(10-8-19)27-13-12-24-15-17(2)14-18(3)16-24/h7-10,17-18H,6,11-16H2,1-5H3,(H,23,25). The van der Waals surface area contributed by atoms with Crippen LogP contribution in [0.2, 0.25) is 0 Å². The summed E-state index contributed by atoms with van der Waals surface area (Å²) >= 11 is 0. The van der Waals surface area contributed by atoms with Crippen LogP contribution in [0.3, 0.4) is 0 Å². The lowest BCUT2D eigenvalue weighted by atomic mass is 9.92. The molecule has 27 heavy (non-hydrogen) atoms. The summed E-state index contributed by atoms with van der Waals surface area (Å²) < 4.78 is 11.3. The lowest BCUT2D eigenvalue weighted by molar-refractivity contribution is -0.136. The van der Waals surface area contributed by atoms with E-state index in [0.717, 1.165) is 49.3 Å². The molecule has 1 aliphatic rings. The first kappa shape index (κ1) is 21.7. The van der Waals surface area contributed by atoms with Gasteiger partial charge in [0.2, 0.25) is 0 Å². The first-order valence-corrected chi connectivity index (χ1v) is 10.2.